The summed E-state index contributed by atoms with van der Waals surface area (Å²) in [6.45, 7) is 4.06. The number of rotatable bonds is 12. The first-order valence-corrected chi connectivity index (χ1v) is 12.1. The molecule has 208 valence electrons. The number of Topliss-reactive ketones (excluding diaryl/α,β-unsaturated/α-hetero) is 1. The van der Waals surface area contributed by atoms with E-state index in [0.717, 1.165) is 5.56 Å². The Hall–Kier alpha value is -3.52. The second kappa shape index (κ2) is 15.7. The quantitative estimate of drug-likeness (QED) is 0.329. The van der Waals surface area contributed by atoms with Gasteiger partial charge in [0, 0.05) is 18.1 Å². The maximum absolute atomic E-state index is 13.0. The lowest BCUT2D eigenvalue weighted by Gasteiger charge is -2.16. The predicted molar refractivity (Wildman–Crippen MR) is 129 cm³/mol. The lowest BCUT2D eigenvalue weighted by molar-refractivity contribution is -0.192. The number of hydrogen-bond acceptors (Lipinski definition) is 7. The Morgan fingerprint density at radius 3 is 2.18 bits per heavy atom. The maximum Gasteiger partial charge on any atom is 0.490 e. The summed E-state index contributed by atoms with van der Waals surface area (Å²) in [7, 11) is 0. The summed E-state index contributed by atoms with van der Waals surface area (Å²) in [5, 5.41) is 18.8. The van der Waals surface area contributed by atoms with Crippen LogP contribution in [0.25, 0.3) is 0 Å². The van der Waals surface area contributed by atoms with Crippen molar-refractivity contribution < 1.29 is 51.7 Å². The molecule has 1 atom stereocenters. The van der Waals surface area contributed by atoms with Crippen LogP contribution in [0.5, 0.6) is 0 Å². The molecule has 9 nitrogen and oxygen atoms in total. The van der Waals surface area contributed by atoms with E-state index in [0.29, 0.717) is 11.3 Å². The highest BCUT2D eigenvalue weighted by Gasteiger charge is 2.38. The van der Waals surface area contributed by atoms with Crippen molar-refractivity contribution in [2.75, 3.05) is 5.75 Å². The lowest BCUT2D eigenvalue weighted by Crippen LogP contribution is -2.43. The molecule has 0 aliphatic carbocycles. The molecule has 0 saturated carbocycles. The van der Waals surface area contributed by atoms with Gasteiger partial charge in [0.1, 0.15) is 5.82 Å². The molecule has 1 amide bonds. The summed E-state index contributed by atoms with van der Waals surface area (Å²) < 4.78 is 50.2. The van der Waals surface area contributed by atoms with Crippen LogP contribution >= 0.6 is 11.8 Å². The number of pyridine rings is 1. The Morgan fingerprint density at radius 2 is 1.66 bits per heavy atom. The highest BCUT2D eigenvalue weighted by molar-refractivity contribution is 7.99. The number of benzene rings is 1. The number of thioether (sulfide) groups is 1. The summed E-state index contributed by atoms with van der Waals surface area (Å²) in [4.78, 5) is 49.2. The van der Waals surface area contributed by atoms with E-state index in [1.165, 1.54) is 30.1 Å². The minimum Gasteiger partial charge on any atom is -0.481 e. The summed E-state index contributed by atoms with van der Waals surface area (Å²) in [5.41, 5.74) is 1.74. The number of amides is 1. The summed E-state index contributed by atoms with van der Waals surface area (Å²) in [6, 6.07) is 6.33. The number of nitrogens with one attached hydrogen (secondary N) is 1. The first-order valence-electron chi connectivity index (χ1n) is 10.9. The zero-order valence-electron chi connectivity index (χ0n) is 20.3. The lowest BCUT2D eigenvalue weighted by atomic mass is 10.1. The molecule has 0 aliphatic rings. The van der Waals surface area contributed by atoms with Crippen molar-refractivity contribution in [1.29, 1.82) is 0 Å². The number of halogens is 4. The van der Waals surface area contributed by atoms with Gasteiger partial charge in [0.05, 0.1) is 36.5 Å². The van der Waals surface area contributed by atoms with Crippen molar-refractivity contribution in [2.45, 2.75) is 51.0 Å². The Labute approximate surface area is 219 Å². The minimum atomic E-state index is -5.08. The molecular weight excluding hydrogens is 536 g/mol. The first kappa shape index (κ1) is 32.5. The minimum absolute atomic E-state index is 0.0100. The number of nitrogens with zero attached hydrogens (tertiary/aromatic N) is 1. The Morgan fingerprint density at radius 1 is 1.05 bits per heavy atom. The van der Waals surface area contributed by atoms with Gasteiger partial charge < -0.3 is 20.3 Å². The SMILES string of the molecule is CC(C)OCc1cncc(C(=O)N[C@@H](CC(=O)O)C(=O)CSCc2ccc(F)cc2)c1.O=C(O)C(F)(F)F. The molecular formula is C24H26F4N2O7S. The van der Waals surface area contributed by atoms with Crippen LogP contribution in [0.1, 0.15) is 41.8 Å². The third-order valence-corrected chi connectivity index (χ3v) is 5.41. The second-order valence-electron chi connectivity index (χ2n) is 7.95. The molecule has 1 aromatic heterocycles. The van der Waals surface area contributed by atoms with E-state index >= 15 is 0 Å². The molecule has 0 bridgehead atoms. The van der Waals surface area contributed by atoms with Gasteiger partial charge in [-0.2, -0.15) is 13.2 Å². The van der Waals surface area contributed by atoms with Crippen LogP contribution < -0.4 is 5.32 Å². The van der Waals surface area contributed by atoms with E-state index in [2.05, 4.69) is 10.3 Å². The molecule has 0 unspecified atom stereocenters. The third kappa shape index (κ3) is 13.1. The third-order valence-electron chi connectivity index (χ3n) is 4.38. The van der Waals surface area contributed by atoms with Gasteiger partial charge in [-0.25, -0.2) is 9.18 Å². The Kier molecular flexibility index (Phi) is 13.4. The molecule has 0 radical (unpaired) electrons. The van der Waals surface area contributed by atoms with Crippen LogP contribution in [0.15, 0.2) is 42.7 Å². The maximum atomic E-state index is 13.0. The van der Waals surface area contributed by atoms with Crippen molar-refractivity contribution in [3.8, 4) is 0 Å². The van der Waals surface area contributed by atoms with E-state index in [-0.39, 0.29) is 29.8 Å². The fourth-order valence-corrected chi connectivity index (χ4v) is 3.50. The first-order chi connectivity index (χ1) is 17.7. The molecule has 1 heterocycles. The largest absolute Gasteiger partial charge is 0.490 e. The molecule has 0 spiro atoms. The average molecular weight is 563 g/mol. The highest BCUT2D eigenvalue weighted by Crippen LogP contribution is 2.15. The van der Waals surface area contributed by atoms with Gasteiger partial charge in [0.25, 0.3) is 5.91 Å². The molecule has 0 aliphatic heterocycles. The zero-order valence-corrected chi connectivity index (χ0v) is 21.1. The number of aromatic nitrogens is 1. The summed E-state index contributed by atoms with van der Waals surface area (Å²) in [6.07, 6.45) is -2.67. The average Bonchev–Trinajstić information content (AvgIpc) is 2.83. The number of hydrogen-bond donors (Lipinski definition) is 3. The molecule has 0 saturated heterocycles. The number of ether oxygens (including phenoxy) is 1. The smallest absolute Gasteiger partial charge is 0.481 e. The van der Waals surface area contributed by atoms with Gasteiger partial charge >= 0.3 is 18.1 Å². The second-order valence-corrected chi connectivity index (χ2v) is 8.94. The number of ketones is 1. The van der Waals surface area contributed by atoms with E-state index in [4.69, 9.17) is 19.7 Å². The van der Waals surface area contributed by atoms with E-state index < -0.39 is 42.3 Å². The number of carboxylic acid groups (broad SMARTS) is 2. The van der Waals surface area contributed by atoms with Crippen LogP contribution in [0, 0.1) is 5.82 Å². The van der Waals surface area contributed by atoms with Crippen molar-refractivity contribution in [3.63, 3.8) is 0 Å². The van der Waals surface area contributed by atoms with Crippen molar-refractivity contribution >= 4 is 35.4 Å². The van der Waals surface area contributed by atoms with Crippen LogP contribution in [0.4, 0.5) is 17.6 Å². The van der Waals surface area contributed by atoms with Crippen LogP contribution in [-0.4, -0.2) is 62.9 Å². The molecule has 1 aromatic carbocycles. The zero-order chi connectivity index (χ0) is 28.9. The molecule has 14 heteroatoms. The predicted octanol–water partition coefficient (Wildman–Crippen LogP) is 3.85. The molecule has 2 aromatic rings. The number of carboxylic acids is 2. The number of carbonyl (C=O) groups is 4. The standard InChI is InChI=1S/C22H25FN2O5S.C2HF3O2/c1-14(2)30-11-16-7-17(10-24-9-16)22(29)25-19(8-21(27)28)20(26)13-31-12-15-3-5-18(23)6-4-15;3-2(4,5)1(6)7/h3-7,9-10,14,19H,8,11-13H2,1-2H3,(H,25,29)(H,27,28);(H,6,7)/t19-;/m0./s1. The van der Waals surface area contributed by atoms with Gasteiger partial charge in [0.15, 0.2) is 5.78 Å². The van der Waals surface area contributed by atoms with Crippen LogP contribution in [0.3, 0.4) is 0 Å². The van der Waals surface area contributed by atoms with Crippen molar-refractivity contribution in [1.82, 2.24) is 10.3 Å². The van der Waals surface area contributed by atoms with Gasteiger partial charge in [0.2, 0.25) is 0 Å². The van der Waals surface area contributed by atoms with Crippen LogP contribution in [-0.2, 0) is 31.5 Å². The highest BCUT2D eigenvalue weighted by atomic mass is 32.2. The summed E-state index contributed by atoms with van der Waals surface area (Å²) >= 11 is 1.27. The fraction of sp³-hybridized carbons (Fsp3) is 0.375. The monoisotopic (exact) mass is 562 g/mol. The Balaban J connectivity index is 0.000000905. The summed E-state index contributed by atoms with van der Waals surface area (Å²) in [5.74, 6) is -4.81. The van der Waals surface area contributed by atoms with Crippen LogP contribution in [0.2, 0.25) is 0 Å². The molecule has 2 rings (SSSR count). The number of alkyl halides is 3. The Bertz CT molecular complexity index is 1100. The molecule has 38 heavy (non-hydrogen) atoms. The van der Waals surface area contributed by atoms with E-state index in [1.54, 1.807) is 24.4 Å². The molecule has 0 fully saturated rings. The molecule has 3 N–H and O–H groups in total. The number of aliphatic carboxylic acids is 2. The van der Waals surface area contributed by atoms with E-state index in [9.17, 15) is 31.9 Å². The topological polar surface area (TPSA) is 143 Å². The van der Waals surface area contributed by atoms with Gasteiger partial charge in [-0.1, -0.05) is 12.1 Å². The van der Waals surface area contributed by atoms with E-state index in [1.807, 2.05) is 13.8 Å². The number of carbonyl (C=O) groups excluding carboxylic acids is 2. The van der Waals surface area contributed by atoms with Gasteiger partial charge in [-0.05, 0) is 43.2 Å². The normalized spacial score (nSPS) is 11.8. The van der Waals surface area contributed by atoms with Crippen molar-refractivity contribution in [2.24, 2.45) is 0 Å². The van der Waals surface area contributed by atoms with Gasteiger partial charge in [-0.3, -0.25) is 19.4 Å². The fourth-order valence-electron chi connectivity index (χ4n) is 2.57. The van der Waals surface area contributed by atoms with Gasteiger partial charge in [-0.15, -0.1) is 11.8 Å². The van der Waals surface area contributed by atoms with Crippen molar-refractivity contribution in [3.05, 3.63) is 65.2 Å².